The van der Waals surface area contributed by atoms with Crippen LogP contribution in [0.25, 0.3) is 11.2 Å². The lowest BCUT2D eigenvalue weighted by molar-refractivity contribution is 0.00578. The standard InChI is InChI=1S/C31H38BN3O4S/c1-19(2)27-18-35(40(36,37)25-12-10-20(3)11-13-25)29-28(27)34-24(17-33-29)16-26-21(4)14-23(15-22(26)5)32-38-30(6,7)31(8,9)39-32/h10-15,17-19H,16H2,1-9H3. The molecule has 0 atom stereocenters. The van der Waals surface area contributed by atoms with Crippen LogP contribution in [0.4, 0.5) is 0 Å². The average molecular weight is 560 g/mol. The Hall–Kier alpha value is -3.01. The summed E-state index contributed by atoms with van der Waals surface area (Å²) in [5, 5.41) is 0. The number of aromatic nitrogens is 3. The van der Waals surface area contributed by atoms with Crippen molar-refractivity contribution in [3.8, 4) is 0 Å². The first kappa shape index (κ1) is 28.5. The van der Waals surface area contributed by atoms with Gasteiger partial charge in [-0.3, -0.25) is 0 Å². The number of aryl methyl sites for hydroxylation is 3. The summed E-state index contributed by atoms with van der Waals surface area (Å²) in [6, 6.07) is 11.1. The monoisotopic (exact) mass is 559 g/mol. The molecule has 1 aliphatic heterocycles. The molecule has 5 rings (SSSR count). The first-order chi connectivity index (χ1) is 18.6. The molecule has 210 valence electrons. The van der Waals surface area contributed by atoms with E-state index in [1.807, 2.05) is 20.8 Å². The Morgan fingerprint density at radius 3 is 2.08 bits per heavy atom. The lowest BCUT2D eigenvalue weighted by Crippen LogP contribution is -2.41. The Bertz CT molecular complexity index is 1670. The van der Waals surface area contributed by atoms with Crippen LogP contribution in [0.15, 0.2) is 53.7 Å². The van der Waals surface area contributed by atoms with Gasteiger partial charge in [0.05, 0.1) is 28.0 Å². The number of hydrogen-bond acceptors (Lipinski definition) is 6. The molecule has 2 aromatic carbocycles. The molecule has 40 heavy (non-hydrogen) atoms. The lowest BCUT2D eigenvalue weighted by Gasteiger charge is -2.32. The van der Waals surface area contributed by atoms with Crippen LogP contribution < -0.4 is 5.46 Å². The summed E-state index contributed by atoms with van der Waals surface area (Å²) in [7, 11) is -4.24. The minimum atomic E-state index is -3.82. The van der Waals surface area contributed by atoms with Crippen LogP contribution in [0.1, 0.15) is 81.0 Å². The molecule has 9 heteroatoms. The lowest BCUT2D eigenvalue weighted by atomic mass is 9.76. The molecule has 0 bridgehead atoms. The van der Waals surface area contributed by atoms with Gasteiger partial charge in [0.15, 0.2) is 5.65 Å². The molecule has 1 aliphatic rings. The van der Waals surface area contributed by atoms with Gasteiger partial charge in [-0.1, -0.05) is 43.7 Å². The summed E-state index contributed by atoms with van der Waals surface area (Å²) in [5.41, 5.74) is 7.19. The number of nitrogens with zero attached hydrogens (tertiary/aromatic N) is 3. The molecule has 0 radical (unpaired) electrons. The van der Waals surface area contributed by atoms with Crippen molar-refractivity contribution in [2.75, 3.05) is 0 Å². The molecule has 0 amide bonds. The Labute approximate surface area is 238 Å². The Balaban J connectivity index is 1.50. The van der Waals surface area contributed by atoms with Gasteiger partial charge in [-0.05, 0) is 88.7 Å². The molecule has 1 saturated heterocycles. The van der Waals surface area contributed by atoms with Gasteiger partial charge in [0, 0.05) is 18.2 Å². The molecule has 7 nitrogen and oxygen atoms in total. The molecule has 0 aliphatic carbocycles. The fourth-order valence-corrected chi connectivity index (χ4v) is 6.46. The second-order valence-corrected chi connectivity index (χ2v) is 14.1. The van der Waals surface area contributed by atoms with Crippen molar-refractivity contribution in [3.63, 3.8) is 0 Å². The second-order valence-electron chi connectivity index (χ2n) is 12.3. The maximum absolute atomic E-state index is 13.6. The fourth-order valence-electron chi connectivity index (χ4n) is 5.14. The molecule has 2 aromatic heterocycles. The fraction of sp³-hybridized carbons (Fsp3) is 0.419. The summed E-state index contributed by atoms with van der Waals surface area (Å²) in [4.78, 5) is 9.83. The minimum Gasteiger partial charge on any atom is -0.399 e. The number of benzene rings is 2. The van der Waals surface area contributed by atoms with E-state index in [2.05, 4.69) is 58.7 Å². The van der Waals surface area contributed by atoms with Crippen molar-refractivity contribution in [2.45, 2.75) is 90.7 Å². The molecular weight excluding hydrogens is 521 g/mol. The van der Waals surface area contributed by atoms with E-state index < -0.39 is 28.3 Å². The third-order valence-corrected chi connectivity index (χ3v) is 10.0. The maximum atomic E-state index is 13.6. The van der Waals surface area contributed by atoms with Gasteiger partial charge in [0.25, 0.3) is 10.0 Å². The smallest absolute Gasteiger partial charge is 0.399 e. The van der Waals surface area contributed by atoms with Crippen molar-refractivity contribution < 1.29 is 17.7 Å². The normalized spacial score (nSPS) is 16.8. The first-order valence-corrected chi connectivity index (χ1v) is 15.2. The van der Waals surface area contributed by atoms with Gasteiger partial charge in [-0.25, -0.2) is 22.4 Å². The summed E-state index contributed by atoms with van der Waals surface area (Å²) in [6.45, 7) is 18.4. The Kier molecular flexibility index (Phi) is 7.00. The van der Waals surface area contributed by atoms with Crippen LogP contribution in [-0.2, 0) is 25.8 Å². The molecule has 1 fully saturated rings. The SMILES string of the molecule is Cc1ccc(S(=O)(=O)n2cc(C(C)C)c3nc(Cc4c(C)cc(B5OC(C)(C)C(C)(C)O5)cc4C)cnc32)cc1. The molecule has 0 saturated carbocycles. The topological polar surface area (TPSA) is 83.3 Å². The van der Waals surface area contributed by atoms with Crippen LogP contribution in [0.5, 0.6) is 0 Å². The quantitative estimate of drug-likeness (QED) is 0.286. The third kappa shape index (κ3) is 4.88. The number of rotatable bonds is 6. The predicted octanol–water partition coefficient (Wildman–Crippen LogP) is 5.61. The van der Waals surface area contributed by atoms with Gasteiger partial charge < -0.3 is 9.31 Å². The van der Waals surface area contributed by atoms with E-state index in [0.29, 0.717) is 17.6 Å². The van der Waals surface area contributed by atoms with Crippen molar-refractivity contribution in [3.05, 3.63) is 82.3 Å². The van der Waals surface area contributed by atoms with Gasteiger partial charge in [-0.15, -0.1) is 0 Å². The van der Waals surface area contributed by atoms with E-state index in [1.165, 1.54) is 3.97 Å². The van der Waals surface area contributed by atoms with Gasteiger partial charge in [0.2, 0.25) is 0 Å². The van der Waals surface area contributed by atoms with Gasteiger partial charge in [-0.2, -0.15) is 0 Å². The van der Waals surface area contributed by atoms with E-state index in [-0.39, 0.29) is 10.8 Å². The maximum Gasteiger partial charge on any atom is 0.494 e. The third-order valence-electron chi connectivity index (χ3n) is 8.34. The van der Waals surface area contributed by atoms with Gasteiger partial charge in [0.1, 0.15) is 5.52 Å². The first-order valence-electron chi connectivity index (χ1n) is 13.8. The zero-order chi connectivity index (χ0) is 29.2. The van der Waals surface area contributed by atoms with Gasteiger partial charge >= 0.3 is 7.12 Å². The molecule has 0 N–H and O–H groups in total. The van der Waals surface area contributed by atoms with Crippen LogP contribution in [0.3, 0.4) is 0 Å². The molecule has 0 spiro atoms. The van der Waals surface area contributed by atoms with E-state index in [0.717, 1.165) is 39.0 Å². The minimum absolute atomic E-state index is 0.0733. The van der Waals surface area contributed by atoms with Crippen molar-refractivity contribution >= 4 is 33.8 Å². The Morgan fingerprint density at radius 2 is 1.52 bits per heavy atom. The predicted molar refractivity (Wildman–Crippen MR) is 160 cm³/mol. The number of hydrogen-bond donors (Lipinski definition) is 0. The highest BCUT2D eigenvalue weighted by Gasteiger charge is 2.51. The highest BCUT2D eigenvalue weighted by Crippen LogP contribution is 2.37. The zero-order valence-electron chi connectivity index (χ0n) is 24.9. The highest BCUT2D eigenvalue weighted by atomic mass is 32.2. The van der Waals surface area contributed by atoms with Crippen LogP contribution >= 0.6 is 0 Å². The van der Waals surface area contributed by atoms with E-state index in [4.69, 9.17) is 14.3 Å². The summed E-state index contributed by atoms with van der Waals surface area (Å²) < 4.78 is 40.9. The van der Waals surface area contributed by atoms with Crippen LogP contribution in [0.2, 0.25) is 0 Å². The molecule has 3 heterocycles. The van der Waals surface area contributed by atoms with Crippen molar-refractivity contribution in [1.29, 1.82) is 0 Å². The van der Waals surface area contributed by atoms with E-state index in [9.17, 15) is 8.42 Å². The van der Waals surface area contributed by atoms with Crippen LogP contribution in [-0.4, -0.2) is 40.7 Å². The Morgan fingerprint density at radius 1 is 0.950 bits per heavy atom. The van der Waals surface area contributed by atoms with E-state index in [1.54, 1.807) is 36.7 Å². The highest BCUT2D eigenvalue weighted by molar-refractivity contribution is 7.90. The summed E-state index contributed by atoms with van der Waals surface area (Å²) >= 11 is 0. The van der Waals surface area contributed by atoms with Crippen molar-refractivity contribution in [1.82, 2.24) is 13.9 Å². The summed E-state index contributed by atoms with van der Waals surface area (Å²) in [6.07, 6.45) is 3.94. The average Bonchev–Trinajstić information content (AvgIpc) is 3.35. The van der Waals surface area contributed by atoms with Crippen LogP contribution in [0, 0.1) is 20.8 Å². The van der Waals surface area contributed by atoms with Crippen molar-refractivity contribution in [2.24, 2.45) is 0 Å². The second kappa shape index (κ2) is 9.82. The zero-order valence-corrected chi connectivity index (χ0v) is 25.7. The molecule has 4 aromatic rings. The molecular formula is C31H38BN3O4S. The number of fused-ring (bicyclic) bond motifs is 1. The van der Waals surface area contributed by atoms with E-state index >= 15 is 0 Å². The molecule has 0 unspecified atom stereocenters. The largest absolute Gasteiger partial charge is 0.494 e. The summed E-state index contributed by atoms with van der Waals surface area (Å²) in [5.74, 6) is 0.0733.